The molecule has 1 saturated carbocycles. The number of carbonyl (C=O) groups excluding carboxylic acids is 1. The number of fused-ring (bicyclic) bond motifs is 1. The van der Waals surface area contributed by atoms with Crippen LogP contribution in [0, 0.1) is 0 Å². The zero-order valence-corrected chi connectivity index (χ0v) is 15.5. The second-order valence-electron chi connectivity index (χ2n) is 6.88. The van der Waals surface area contributed by atoms with Crippen LogP contribution in [0.15, 0.2) is 18.5 Å². The molecular weight excluding hydrogens is 360 g/mol. The van der Waals surface area contributed by atoms with Crippen molar-refractivity contribution in [3.05, 3.63) is 24.2 Å². The molecule has 3 aromatic heterocycles. The maximum absolute atomic E-state index is 11.8. The summed E-state index contributed by atoms with van der Waals surface area (Å²) in [6.45, 7) is 0. The minimum absolute atomic E-state index is 0.0276. The predicted molar refractivity (Wildman–Crippen MR) is 104 cm³/mol. The molecule has 1 amide bonds. The third-order valence-corrected chi connectivity index (χ3v) is 4.94. The van der Waals surface area contributed by atoms with E-state index in [0.29, 0.717) is 17.3 Å². The largest absolute Gasteiger partial charge is 0.364 e. The Balaban J connectivity index is 1.67. The van der Waals surface area contributed by atoms with E-state index in [1.807, 2.05) is 0 Å². The van der Waals surface area contributed by atoms with Crippen LogP contribution in [0.2, 0.25) is 0 Å². The number of carbonyl (C=O) groups is 1. The van der Waals surface area contributed by atoms with Crippen molar-refractivity contribution in [1.29, 1.82) is 0 Å². The number of nitrogens with two attached hydrogens (primary N) is 2. The smallest absolute Gasteiger partial charge is 0.273 e. The summed E-state index contributed by atoms with van der Waals surface area (Å²) in [7, 11) is 1.80. The summed E-state index contributed by atoms with van der Waals surface area (Å²) in [5.74, 6) is -0.211. The normalized spacial score (nSPS) is 19.5. The predicted octanol–water partition coefficient (Wildman–Crippen LogP) is 0.678. The van der Waals surface area contributed by atoms with Crippen LogP contribution in [0.25, 0.3) is 11.0 Å². The molecule has 11 nitrogen and oxygen atoms in total. The van der Waals surface area contributed by atoms with Gasteiger partial charge in [0.1, 0.15) is 0 Å². The first-order valence-electron chi connectivity index (χ1n) is 9.13. The lowest BCUT2D eigenvalue weighted by Gasteiger charge is -2.29. The molecular formula is C17H22N10O. The van der Waals surface area contributed by atoms with Gasteiger partial charge in [-0.1, -0.05) is 12.8 Å². The molecule has 28 heavy (non-hydrogen) atoms. The van der Waals surface area contributed by atoms with Gasteiger partial charge in [-0.25, -0.2) is 4.98 Å². The van der Waals surface area contributed by atoms with Gasteiger partial charge in [-0.05, 0) is 18.9 Å². The zero-order valence-electron chi connectivity index (χ0n) is 15.5. The van der Waals surface area contributed by atoms with Crippen LogP contribution in [-0.4, -0.2) is 47.9 Å². The highest BCUT2D eigenvalue weighted by Gasteiger charge is 2.23. The molecule has 3 heterocycles. The number of anilines is 3. The molecule has 0 aromatic carbocycles. The van der Waals surface area contributed by atoms with Crippen LogP contribution < -0.4 is 22.1 Å². The average Bonchev–Trinajstić information content (AvgIpc) is 3.06. The summed E-state index contributed by atoms with van der Waals surface area (Å²) in [5, 5.41) is 19.3. The van der Waals surface area contributed by atoms with Crippen molar-refractivity contribution in [1.82, 2.24) is 29.9 Å². The first kappa shape index (κ1) is 18.0. The fraction of sp³-hybridized carbons (Fsp3) is 0.412. The summed E-state index contributed by atoms with van der Waals surface area (Å²) in [4.78, 5) is 20.5. The van der Waals surface area contributed by atoms with E-state index in [1.165, 1.54) is 0 Å². The molecule has 1 fully saturated rings. The molecule has 0 aliphatic heterocycles. The molecule has 1 aliphatic carbocycles. The monoisotopic (exact) mass is 382 g/mol. The third-order valence-electron chi connectivity index (χ3n) is 4.94. The summed E-state index contributed by atoms with van der Waals surface area (Å²) in [6, 6.07) is 1.86. The van der Waals surface area contributed by atoms with Gasteiger partial charge >= 0.3 is 0 Å². The van der Waals surface area contributed by atoms with Crippen molar-refractivity contribution in [2.45, 2.75) is 37.8 Å². The van der Waals surface area contributed by atoms with Crippen LogP contribution in [0.3, 0.4) is 0 Å². The van der Waals surface area contributed by atoms with E-state index >= 15 is 0 Å². The van der Waals surface area contributed by atoms with Crippen LogP contribution in [0.1, 0.15) is 36.2 Å². The Morgan fingerprint density at radius 1 is 1.29 bits per heavy atom. The van der Waals surface area contributed by atoms with Gasteiger partial charge < -0.3 is 22.1 Å². The van der Waals surface area contributed by atoms with E-state index in [-0.39, 0.29) is 23.6 Å². The van der Waals surface area contributed by atoms with Crippen molar-refractivity contribution in [2.24, 2.45) is 18.5 Å². The lowest BCUT2D eigenvalue weighted by atomic mass is 9.91. The molecule has 0 radical (unpaired) electrons. The Hall–Kier alpha value is -3.34. The molecule has 0 bridgehead atoms. The molecule has 3 aromatic rings. The second-order valence-corrected chi connectivity index (χ2v) is 6.88. The lowest BCUT2D eigenvalue weighted by molar-refractivity contribution is 0.0995. The minimum Gasteiger partial charge on any atom is -0.364 e. The first-order chi connectivity index (χ1) is 13.5. The fourth-order valence-electron chi connectivity index (χ4n) is 3.43. The van der Waals surface area contributed by atoms with E-state index in [9.17, 15) is 4.79 Å². The molecule has 4 rings (SSSR count). The van der Waals surface area contributed by atoms with Crippen LogP contribution in [0.4, 0.5) is 17.5 Å². The van der Waals surface area contributed by atoms with Crippen molar-refractivity contribution in [3.63, 3.8) is 0 Å². The number of hydrogen-bond donors (Lipinski definition) is 4. The number of aromatic nitrogens is 6. The van der Waals surface area contributed by atoms with Gasteiger partial charge in [0.15, 0.2) is 17.2 Å². The quantitative estimate of drug-likeness (QED) is 0.497. The molecule has 2 atom stereocenters. The molecule has 6 N–H and O–H groups in total. The Labute approximate surface area is 160 Å². The summed E-state index contributed by atoms with van der Waals surface area (Å²) >= 11 is 0. The number of nitrogens with zero attached hydrogens (tertiary/aromatic N) is 6. The topological polar surface area (TPSA) is 163 Å². The van der Waals surface area contributed by atoms with Gasteiger partial charge in [0.05, 0.1) is 17.3 Å². The van der Waals surface area contributed by atoms with E-state index in [1.54, 1.807) is 30.2 Å². The molecule has 0 saturated heterocycles. The van der Waals surface area contributed by atoms with E-state index in [0.717, 1.165) is 31.1 Å². The van der Waals surface area contributed by atoms with Gasteiger partial charge in [0.25, 0.3) is 5.91 Å². The number of pyridine rings is 1. The minimum atomic E-state index is -0.722. The summed E-state index contributed by atoms with van der Waals surface area (Å²) in [6.07, 6.45) is 7.43. The molecule has 0 spiro atoms. The highest BCUT2D eigenvalue weighted by atomic mass is 16.1. The Bertz CT molecular complexity index is 1020. The van der Waals surface area contributed by atoms with Gasteiger partial charge in [0.2, 0.25) is 5.95 Å². The highest BCUT2D eigenvalue weighted by Crippen LogP contribution is 2.26. The van der Waals surface area contributed by atoms with Crippen molar-refractivity contribution in [2.75, 3.05) is 10.6 Å². The molecule has 146 valence electrons. The van der Waals surface area contributed by atoms with Gasteiger partial charge in [-0.15, -0.1) is 10.2 Å². The average molecular weight is 382 g/mol. The van der Waals surface area contributed by atoms with Crippen LogP contribution >= 0.6 is 0 Å². The SMILES string of the molecule is Cn1ncc2c(Nc3nc(N[C@@H]4CCCC[C@@H]4N)nnc3C(N)=O)ccnc21. The lowest BCUT2D eigenvalue weighted by Crippen LogP contribution is -2.43. The number of nitrogens with one attached hydrogen (secondary N) is 2. The molecule has 11 heteroatoms. The first-order valence-corrected chi connectivity index (χ1v) is 9.13. The summed E-state index contributed by atoms with van der Waals surface area (Å²) in [5.41, 5.74) is 13.0. The number of primary amides is 1. The zero-order chi connectivity index (χ0) is 19.7. The maximum Gasteiger partial charge on any atom is 0.273 e. The Morgan fingerprint density at radius 3 is 2.89 bits per heavy atom. The standard InChI is InChI=1S/C17H22N10O/c1-27-16-9(8-21-27)11(6-7-20-16)22-15-13(14(19)28)25-26-17(24-15)23-12-5-3-2-4-10(12)18/h6-8,10,12H,2-5,18H2,1H3,(H2,19,28)(H2,20,22,23,24,26)/t10-,12+/m0/s1. The van der Waals surface area contributed by atoms with Crippen LogP contribution in [0.5, 0.6) is 0 Å². The van der Waals surface area contributed by atoms with E-state index in [2.05, 4.69) is 35.9 Å². The highest BCUT2D eigenvalue weighted by molar-refractivity contribution is 5.98. The number of rotatable bonds is 5. The van der Waals surface area contributed by atoms with Crippen LogP contribution in [-0.2, 0) is 7.05 Å². The van der Waals surface area contributed by atoms with Gasteiger partial charge in [0, 0.05) is 25.3 Å². The van der Waals surface area contributed by atoms with E-state index in [4.69, 9.17) is 11.5 Å². The third kappa shape index (κ3) is 3.43. The maximum atomic E-state index is 11.8. The number of aryl methyl sites for hydroxylation is 1. The number of hydrogen-bond acceptors (Lipinski definition) is 9. The van der Waals surface area contributed by atoms with E-state index < -0.39 is 5.91 Å². The van der Waals surface area contributed by atoms with Crippen molar-refractivity contribution < 1.29 is 4.79 Å². The Morgan fingerprint density at radius 2 is 2.11 bits per heavy atom. The number of amides is 1. The summed E-state index contributed by atoms with van der Waals surface area (Å²) < 4.78 is 1.66. The second kappa shape index (κ2) is 7.35. The molecule has 1 aliphatic rings. The van der Waals surface area contributed by atoms with Crippen molar-refractivity contribution in [3.8, 4) is 0 Å². The van der Waals surface area contributed by atoms with Gasteiger partial charge in [-0.3, -0.25) is 9.48 Å². The fourth-order valence-corrected chi connectivity index (χ4v) is 3.43. The Kier molecular flexibility index (Phi) is 4.74. The molecule has 0 unspecified atom stereocenters. The van der Waals surface area contributed by atoms with Crippen molar-refractivity contribution >= 4 is 34.4 Å². The van der Waals surface area contributed by atoms with Gasteiger partial charge in [-0.2, -0.15) is 10.1 Å².